The van der Waals surface area contributed by atoms with E-state index in [0.717, 1.165) is 5.69 Å². The fourth-order valence-electron chi connectivity index (χ4n) is 1.49. The maximum Gasteiger partial charge on any atom is 0.150 e. The number of hydrogen-bond acceptors (Lipinski definition) is 4. The lowest BCUT2D eigenvalue weighted by Gasteiger charge is -2.09. The number of aldehydes is 1. The van der Waals surface area contributed by atoms with Gasteiger partial charge in [-0.25, -0.2) is 0 Å². The van der Waals surface area contributed by atoms with E-state index in [-0.39, 0.29) is 0 Å². The zero-order valence-electron chi connectivity index (χ0n) is 9.75. The molecule has 0 saturated heterocycles. The second-order valence-corrected chi connectivity index (χ2v) is 3.67. The van der Waals surface area contributed by atoms with E-state index in [2.05, 4.69) is 4.98 Å². The van der Waals surface area contributed by atoms with Crippen molar-refractivity contribution in [3.05, 3.63) is 53.3 Å². The number of nitriles is 1. The van der Waals surface area contributed by atoms with Gasteiger partial charge in [0.15, 0.2) is 0 Å². The van der Waals surface area contributed by atoms with Crippen molar-refractivity contribution in [1.82, 2.24) is 4.98 Å². The first-order chi connectivity index (χ1) is 8.74. The lowest BCUT2D eigenvalue weighted by atomic mass is 10.1. The van der Waals surface area contributed by atoms with Gasteiger partial charge in [-0.1, -0.05) is 0 Å². The lowest BCUT2D eigenvalue weighted by Crippen LogP contribution is -1.93. The van der Waals surface area contributed by atoms with Crippen LogP contribution in [0.4, 0.5) is 0 Å². The summed E-state index contributed by atoms with van der Waals surface area (Å²) in [6.45, 7) is 1.82. The van der Waals surface area contributed by atoms with E-state index in [9.17, 15) is 4.79 Å². The number of hydrogen-bond donors (Lipinski definition) is 0. The second kappa shape index (κ2) is 5.11. The minimum absolute atomic E-state index is 0.322. The first-order valence-corrected chi connectivity index (χ1v) is 5.33. The van der Waals surface area contributed by atoms with Crippen LogP contribution in [0.1, 0.15) is 21.6 Å². The average Bonchev–Trinajstić information content (AvgIpc) is 2.41. The van der Waals surface area contributed by atoms with Crippen molar-refractivity contribution in [2.75, 3.05) is 0 Å². The predicted molar refractivity (Wildman–Crippen MR) is 65.6 cm³/mol. The van der Waals surface area contributed by atoms with Gasteiger partial charge in [-0.3, -0.25) is 9.78 Å². The van der Waals surface area contributed by atoms with Crippen molar-refractivity contribution >= 4 is 6.29 Å². The Hall–Kier alpha value is -2.67. The van der Waals surface area contributed by atoms with Crippen molar-refractivity contribution < 1.29 is 9.53 Å². The van der Waals surface area contributed by atoms with Gasteiger partial charge < -0.3 is 4.74 Å². The highest BCUT2D eigenvalue weighted by atomic mass is 16.5. The molecule has 0 aliphatic carbocycles. The van der Waals surface area contributed by atoms with Crippen LogP contribution in [-0.2, 0) is 0 Å². The highest BCUT2D eigenvalue weighted by Gasteiger charge is 2.07. The molecule has 0 bridgehead atoms. The molecular formula is C14H10N2O2. The number of carbonyl (C=O) groups excluding carboxylic acids is 1. The zero-order chi connectivity index (χ0) is 13.0. The topological polar surface area (TPSA) is 63.0 Å². The SMILES string of the molecule is Cc1ncccc1Oc1ccc(C=O)cc1C#N. The van der Waals surface area contributed by atoms with Gasteiger partial charge in [-0.15, -0.1) is 0 Å². The maximum absolute atomic E-state index is 10.6. The Kier molecular flexibility index (Phi) is 3.35. The molecule has 4 heteroatoms. The zero-order valence-corrected chi connectivity index (χ0v) is 9.75. The second-order valence-electron chi connectivity index (χ2n) is 3.67. The summed E-state index contributed by atoms with van der Waals surface area (Å²) in [4.78, 5) is 14.7. The van der Waals surface area contributed by atoms with Crippen molar-refractivity contribution in [2.24, 2.45) is 0 Å². The molecule has 2 aromatic rings. The molecule has 88 valence electrons. The Balaban J connectivity index is 2.38. The third-order valence-corrected chi connectivity index (χ3v) is 2.44. The minimum atomic E-state index is 0.322. The Morgan fingerprint density at radius 3 is 2.83 bits per heavy atom. The number of carbonyl (C=O) groups is 1. The third kappa shape index (κ3) is 2.36. The molecule has 0 saturated carbocycles. The van der Waals surface area contributed by atoms with E-state index < -0.39 is 0 Å². The molecule has 0 atom stereocenters. The summed E-state index contributed by atoms with van der Waals surface area (Å²) in [5.41, 5.74) is 1.51. The van der Waals surface area contributed by atoms with Crippen LogP contribution in [0.5, 0.6) is 11.5 Å². The van der Waals surface area contributed by atoms with Crippen molar-refractivity contribution in [1.29, 1.82) is 5.26 Å². The third-order valence-electron chi connectivity index (χ3n) is 2.44. The minimum Gasteiger partial charge on any atom is -0.454 e. The van der Waals surface area contributed by atoms with E-state index in [1.807, 2.05) is 13.0 Å². The van der Waals surface area contributed by atoms with Crippen LogP contribution >= 0.6 is 0 Å². The van der Waals surface area contributed by atoms with Crippen LogP contribution < -0.4 is 4.74 Å². The number of rotatable bonds is 3. The van der Waals surface area contributed by atoms with Gasteiger partial charge >= 0.3 is 0 Å². The monoisotopic (exact) mass is 238 g/mol. The van der Waals surface area contributed by atoms with Gasteiger partial charge in [0.05, 0.1) is 11.3 Å². The molecule has 0 aliphatic rings. The van der Waals surface area contributed by atoms with Crippen molar-refractivity contribution in [3.63, 3.8) is 0 Å². The summed E-state index contributed by atoms with van der Waals surface area (Å²) in [5.74, 6) is 1.01. The van der Waals surface area contributed by atoms with E-state index >= 15 is 0 Å². The van der Waals surface area contributed by atoms with Crippen LogP contribution in [0.15, 0.2) is 36.5 Å². The number of nitrogens with zero attached hydrogens (tertiary/aromatic N) is 2. The molecule has 1 aromatic carbocycles. The molecule has 1 aromatic heterocycles. The van der Waals surface area contributed by atoms with Crippen LogP contribution in [0.3, 0.4) is 0 Å². The lowest BCUT2D eigenvalue weighted by molar-refractivity contribution is 0.112. The predicted octanol–water partition coefficient (Wildman–Crippen LogP) is 2.87. The Bertz CT molecular complexity index is 630. The molecule has 0 spiro atoms. The molecule has 0 fully saturated rings. The van der Waals surface area contributed by atoms with Gasteiger partial charge in [0.2, 0.25) is 0 Å². The molecule has 4 nitrogen and oxygen atoms in total. The van der Waals surface area contributed by atoms with E-state index in [4.69, 9.17) is 10.00 Å². The van der Waals surface area contributed by atoms with E-state index in [0.29, 0.717) is 28.9 Å². The summed E-state index contributed by atoms with van der Waals surface area (Å²) < 4.78 is 5.63. The fraction of sp³-hybridized carbons (Fsp3) is 0.0714. The highest BCUT2D eigenvalue weighted by molar-refractivity contribution is 5.76. The normalized spacial score (nSPS) is 9.56. The number of aryl methyl sites for hydroxylation is 1. The Morgan fingerprint density at radius 1 is 1.33 bits per heavy atom. The van der Waals surface area contributed by atoms with Gasteiger partial charge in [-0.2, -0.15) is 5.26 Å². The van der Waals surface area contributed by atoms with Crippen LogP contribution in [0, 0.1) is 18.3 Å². The molecular weight excluding hydrogens is 228 g/mol. The van der Waals surface area contributed by atoms with Crippen LogP contribution in [0.25, 0.3) is 0 Å². The first kappa shape index (κ1) is 11.8. The molecule has 0 amide bonds. The standard InChI is InChI=1S/C14H10N2O2/c1-10-13(3-2-6-16-10)18-14-5-4-11(9-17)7-12(14)8-15/h2-7,9H,1H3. The highest BCUT2D eigenvalue weighted by Crippen LogP contribution is 2.26. The number of aromatic nitrogens is 1. The summed E-state index contributed by atoms with van der Waals surface area (Å²) in [7, 11) is 0. The van der Waals surface area contributed by atoms with Crippen molar-refractivity contribution in [3.8, 4) is 17.6 Å². The van der Waals surface area contributed by atoms with Crippen LogP contribution in [-0.4, -0.2) is 11.3 Å². The Morgan fingerprint density at radius 2 is 2.17 bits per heavy atom. The summed E-state index contributed by atoms with van der Waals surface area (Å²) >= 11 is 0. The number of benzene rings is 1. The molecule has 0 N–H and O–H groups in total. The summed E-state index contributed by atoms with van der Waals surface area (Å²) in [6, 6.07) is 10.2. The molecule has 0 radical (unpaired) electrons. The number of ether oxygens (including phenoxy) is 1. The van der Waals surface area contributed by atoms with Gasteiger partial charge in [-0.05, 0) is 37.3 Å². The van der Waals surface area contributed by atoms with E-state index in [1.165, 1.54) is 6.07 Å². The fourth-order valence-corrected chi connectivity index (χ4v) is 1.49. The average molecular weight is 238 g/mol. The summed E-state index contributed by atoms with van der Waals surface area (Å²) in [5, 5.41) is 9.02. The van der Waals surface area contributed by atoms with Crippen LogP contribution in [0.2, 0.25) is 0 Å². The maximum atomic E-state index is 10.6. The first-order valence-electron chi connectivity index (χ1n) is 5.33. The molecule has 1 heterocycles. The molecule has 0 unspecified atom stereocenters. The van der Waals surface area contributed by atoms with Gasteiger partial charge in [0.1, 0.15) is 23.9 Å². The van der Waals surface area contributed by atoms with Gasteiger partial charge in [0.25, 0.3) is 0 Å². The quantitative estimate of drug-likeness (QED) is 0.771. The Labute approximate surface area is 104 Å². The summed E-state index contributed by atoms with van der Waals surface area (Å²) in [6.07, 6.45) is 2.36. The number of pyridine rings is 1. The van der Waals surface area contributed by atoms with E-state index in [1.54, 1.807) is 30.5 Å². The van der Waals surface area contributed by atoms with Crippen molar-refractivity contribution in [2.45, 2.75) is 6.92 Å². The largest absolute Gasteiger partial charge is 0.454 e. The smallest absolute Gasteiger partial charge is 0.150 e. The molecule has 18 heavy (non-hydrogen) atoms. The molecule has 2 rings (SSSR count). The van der Waals surface area contributed by atoms with Gasteiger partial charge in [0, 0.05) is 11.8 Å². The molecule has 0 aliphatic heterocycles.